The fourth-order valence-corrected chi connectivity index (χ4v) is 1.93. The number of nitrogens with one attached hydrogen (secondary N) is 1. The van der Waals surface area contributed by atoms with E-state index in [0.29, 0.717) is 13.1 Å². The SMILES string of the molecule is CCNC(=O)CN(CC)C(=O)c1ccc(OC(F)F)c(OC)c1. The van der Waals surface area contributed by atoms with Crippen LogP contribution in [0.2, 0.25) is 0 Å². The lowest BCUT2D eigenvalue weighted by molar-refractivity contribution is -0.121. The van der Waals surface area contributed by atoms with Crippen LogP contribution in [0.1, 0.15) is 24.2 Å². The fourth-order valence-electron chi connectivity index (χ4n) is 1.93. The standard InChI is InChI=1S/C15H20F2N2O4/c1-4-18-13(20)9-19(5-2)14(21)10-6-7-11(23-15(16)17)12(8-10)22-3/h6-8,15H,4-5,9H2,1-3H3,(H,18,20). The van der Waals surface area contributed by atoms with Gasteiger partial charge in [-0.25, -0.2) is 0 Å². The first-order valence-corrected chi connectivity index (χ1v) is 7.11. The molecule has 0 saturated heterocycles. The molecule has 1 aromatic carbocycles. The minimum atomic E-state index is -2.99. The van der Waals surface area contributed by atoms with Gasteiger partial charge in [0, 0.05) is 18.7 Å². The minimum Gasteiger partial charge on any atom is -0.493 e. The molecule has 0 atom stereocenters. The molecule has 1 N–H and O–H groups in total. The Labute approximate surface area is 133 Å². The summed E-state index contributed by atoms with van der Waals surface area (Å²) in [5, 5.41) is 2.61. The zero-order chi connectivity index (χ0) is 17.4. The smallest absolute Gasteiger partial charge is 0.387 e. The summed E-state index contributed by atoms with van der Waals surface area (Å²) in [6, 6.07) is 3.89. The predicted molar refractivity (Wildman–Crippen MR) is 79.9 cm³/mol. The monoisotopic (exact) mass is 330 g/mol. The van der Waals surface area contributed by atoms with Crippen LogP contribution in [-0.4, -0.2) is 50.1 Å². The molecule has 1 aromatic rings. The topological polar surface area (TPSA) is 67.9 Å². The lowest BCUT2D eigenvalue weighted by Crippen LogP contribution is -2.40. The largest absolute Gasteiger partial charge is 0.493 e. The summed E-state index contributed by atoms with van der Waals surface area (Å²) in [7, 11) is 1.29. The van der Waals surface area contributed by atoms with E-state index in [1.807, 2.05) is 0 Å². The number of hydrogen-bond acceptors (Lipinski definition) is 4. The first-order valence-electron chi connectivity index (χ1n) is 7.11. The summed E-state index contributed by atoms with van der Waals surface area (Å²) in [4.78, 5) is 25.4. The van der Waals surface area contributed by atoms with Gasteiger partial charge in [-0.05, 0) is 32.0 Å². The average Bonchev–Trinajstić information content (AvgIpc) is 2.52. The fraction of sp³-hybridized carbons (Fsp3) is 0.467. The summed E-state index contributed by atoms with van der Waals surface area (Å²) in [5.41, 5.74) is 0.217. The number of amides is 2. The van der Waals surface area contributed by atoms with Crippen LogP contribution in [0.15, 0.2) is 18.2 Å². The summed E-state index contributed by atoms with van der Waals surface area (Å²) < 4.78 is 33.9. The van der Waals surface area contributed by atoms with E-state index in [-0.39, 0.29) is 29.5 Å². The summed E-state index contributed by atoms with van der Waals surface area (Å²) >= 11 is 0. The third-order valence-corrected chi connectivity index (χ3v) is 3.00. The predicted octanol–water partition coefficient (Wildman–Crippen LogP) is 1.89. The normalized spacial score (nSPS) is 10.3. The molecule has 2 amide bonds. The van der Waals surface area contributed by atoms with Gasteiger partial charge in [0.15, 0.2) is 11.5 Å². The van der Waals surface area contributed by atoms with Gasteiger partial charge in [-0.1, -0.05) is 0 Å². The van der Waals surface area contributed by atoms with Crippen molar-refractivity contribution in [3.8, 4) is 11.5 Å². The molecule has 23 heavy (non-hydrogen) atoms. The van der Waals surface area contributed by atoms with Crippen molar-refractivity contribution in [1.82, 2.24) is 10.2 Å². The van der Waals surface area contributed by atoms with E-state index < -0.39 is 12.5 Å². The number of alkyl halides is 2. The zero-order valence-corrected chi connectivity index (χ0v) is 13.3. The van der Waals surface area contributed by atoms with Crippen LogP contribution in [0.4, 0.5) is 8.78 Å². The maximum atomic E-state index is 12.4. The molecule has 0 saturated carbocycles. The second-order valence-electron chi connectivity index (χ2n) is 4.52. The molecular formula is C15H20F2N2O4. The number of halogens is 2. The number of nitrogens with zero attached hydrogens (tertiary/aromatic N) is 1. The molecule has 0 aliphatic rings. The van der Waals surface area contributed by atoms with Crippen LogP contribution in [0.25, 0.3) is 0 Å². The van der Waals surface area contributed by atoms with Gasteiger partial charge in [-0.3, -0.25) is 9.59 Å². The number of likely N-dealkylation sites (N-methyl/N-ethyl adjacent to an activating group) is 2. The number of methoxy groups -OCH3 is 1. The van der Waals surface area contributed by atoms with Gasteiger partial charge in [0.2, 0.25) is 5.91 Å². The molecular weight excluding hydrogens is 310 g/mol. The number of ether oxygens (including phenoxy) is 2. The van der Waals surface area contributed by atoms with Crippen LogP contribution in [0.5, 0.6) is 11.5 Å². The molecule has 0 unspecified atom stereocenters. The van der Waals surface area contributed by atoms with Gasteiger partial charge in [0.05, 0.1) is 13.7 Å². The van der Waals surface area contributed by atoms with Crippen LogP contribution >= 0.6 is 0 Å². The Hall–Kier alpha value is -2.38. The zero-order valence-electron chi connectivity index (χ0n) is 13.3. The maximum Gasteiger partial charge on any atom is 0.387 e. The highest BCUT2D eigenvalue weighted by Gasteiger charge is 2.19. The first-order chi connectivity index (χ1) is 10.9. The Morgan fingerprint density at radius 3 is 2.48 bits per heavy atom. The second-order valence-corrected chi connectivity index (χ2v) is 4.52. The molecule has 0 fully saturated rings. The summed E-state index contributed by atoms with van der Waals surface area (Å²) in [6.07, 6.45) is 0. The summed E-state index contributed by atoms with van der Waals surface area (Å²) in [6.45, 7) is 1.24. The third-order valence-electron chi connectivity index (χ3n) is 3.00. The second kappa shape index (κ2) is 8.92. The molecule has 0 bridgehead atoms. The highest BCUT2D eigenvalue weighted by molar-refractivity contribution is 5.97. The van der Waals surface area contributed by atoms with Crippen molar-refractivity contribution >= 4 is 11.8 Å². The molecule has 8 heteroatoms. The Kier molecular flexibility index (Phi) is 7.24. The van der Waals surface area contributed by atoms with Crippen LogP contribution in [-0.2, 0) is 4.79 Å². The minimum absolute atomic E-state index is 0.0187. The number of hydrogen-bond donors (Lipinski definition) is 1. The van der Waals surface area contributed by atoms with Crippen molar-refractivity contribution in [3.63, 3.8) is 0 Å². The van der Waals surface area contributed by atoms with E-state index in [4.69, 9.17) is 4.74 Å². The van der Waals surface area contributed by atoms with Crippen LogP contribution in [0, 0.1) is 0 Å². The Morgan fingerprint density at radius 1 is 1.26 bits per heavy atom. The Morgan fingerprint density at radius 2 is 1.96 bits per heavy atom. The van der Waals surface area contributed by atoms with E-state index in [0.717, 1.165) is 0 Å². The first kappa shape index (κ1) is 18.7. The number of rotatable bonds is 8. The van der Waals surface area contributed by atoms with Gasteiger partial charge in [0.25, 0.3) is 5.91 Å². The highest BCUT2D eigenvalue weighted by atomic mass is 19.3. The number of carbonyl (C=O) groups excluding carboxylic acids is 2. The molecule has 0 aliphatic heterocycles. The van der Waals surface area contributed by atoms with E-state index >= 15 is 0 Å². The van der Waals surface area contributed by atoms with Crippen LogP contribution in [0.3, 0.4) is 0 Å². The average molecular weight is 330 g/mol. The van der Waals surface area contributed by atoms with E-state index in [2.05, 4.69) is 10.1 Å². The third kappa shape index (κ3) is 5.39. The van der Waals surface area contributed by atoms with Gasteiger partial charge in [-0.15, -0.1) is 0 Å². The molecule has 0 aliphatic carbocycles. The number of benzene rings is 1. The van der Waals surface area contributed by atoms with Gasteiger partial charge in [0.1, 0.15) is 0 Å². The van der Waals surface area contributed by atoms with Crippen molar-refractivity contribution < 1.29 is 27.8 Å². The van der Waals surface area contributed by atoms with Crippen molar-refractivity contribution in [3.05, 3.63) is 23.8 Å². The number of carbonyl (C=O) groups is 2. The highest BCUT2D eigenvalue weighted by Crippen LogP contribution is 2.29. The van der Waals surface area contributed by atoms with E-state index in [1.54, 1.807) is 13.8 Å². The summed E-state index contributed by atoms with van der Waals surface area (Å²) in [5.74, 6) is -0.816. The van der Waals surface area contributed by atoms with E-state index in [9.17, 15) is 18.4 Å². The van der Waals surface area contributed by atoms with E-state index in [1.165, 1.54) is 30.2 Å². The Bertz CT molecular complexity index is 552. The molecule has 128 valence electrons. The van der Waals surface area contributed by atoms with Crippen molar-refractivity contribution in [2.75, 3.05) is 26.7 Å². The lowest BCUT2D eigenvalue weighted by atomic mass is 10.1. The molecule has 1 rings (SSSR count). The molecule has 0 spiro atoms. The van der Waals surface area contributed by atoms with Gasteiger partial charge >= 0.3 is 6.61 Å². The van der Waals surface area contributed by atoms with Gasteiger partial charge in [-0.2, -0.15) is 8.78 Å². The molecule has 0 aromatic heterocycles. The van der Waals surface area contributed by atoms with Crippen LogP contribution < -0.4 is 14.8 Å². The quantitative estimate of drug-likeness (QED) is 0.790. The maximum absolute atomic E-state index is 12.4. The Balaban J connectivity index is 2.95. The van der Waals surface area contributed by atoms with Crippen molar-refractivity contribution in [2.24, 2.45) is 0 Å². The molecule has 6 nitrogen and oxygen atoms in total. The van der Waals surface area contributed by atoms with Crippen molar-refractivity contribution in [2.45, 2.75) is 20.5 Å². The van der Waals surface area contributed by atoms with Gasteiger partial charge < -0.3 is 19.7 Å². The van der Waals surface area contributed by atoms with Crippen molar-refractivity contribution in [1.29, 1.82) is 0 Å². The molecule has 0 radical (unpaired) electrons. The molecule has 0 heterocycles. The lowest BCUT2D eigenvalue weighted by Gasteiger charge is -2.21.